The lowest BCUT2D eigenvalue weighted by molar-refractivity contribution is -0.121. The highest BCUT2D eigenvalue weighted by molar-refractivity contribution is 5.76. The van der Waals surface area contributed by atoms with E-state index < -0.39 is 0 Å². The first-order valence-electron chi connectivity index (χ1n) is 10.3. The Morgan fingerprint density at radius 3 is 2.40 bits per heavy atom. The summed E-state index contributed by atoms with van der Waals surface area (Å²) in [6.45, 7) is 6.05. The van der Waals surface area contributed by atoms with Gasteiger partial charge in [0.15, 0.2) is 5.65 Å². The molecule has 152 valence electrons. The van der Waals surface area contributed by atoms with Crippen LogP contribution in [-0.4, -0.2) is 20.5 Å². The Balaban J connectivity index is 1.50. The van der Waals surface area contributed by atoms with Crippen LogP contribution in [0.15, 0.2) is 66.7 Å². The highest BCUT2D eigenvalue weighted by atomic mass is 16.1. The van der Waals surface area contributed by atoms with Gasteiger partial charge in [0.2, 0.25) is 5.91 Å². The van der Waals surface area contributed by atoms with Gasteiger partial charge >= 0.3 is 0 Å². The number of hydrogen-bond acceptors (Lipinski definition) is 3. The standard InChI is InChI=1S/C25H26N4O/c1-17(20-10-6-4-7-11-20)27-25(30)15-14-22-18(2)26-24-16-23(28-29(24)19(22)3)21-12-8-5-9-13-21/h4-13,16-17H,14-15H2,1-3H3,(H,27,30)/t17-/m1/s1. The lowest BCUT2D eigenvalue weighted by Gasteiger charge is -2.15. The summed E-state index contributed by atoms with van der Waals surface area (Å²) in [7, 11) is 0. The Labute approximate surface area is 176 Å². The molecule has 0 aliphatic rings. The van der Waals surface area contributed by atoms with Crippen molar-refractivity contribution >= 4 is 11.6 Å². The van der Waals surface area contributed by atoms with Gasteiger partial charge in [0, 0.05) is 29.4 Å². The number of carbonyl (C=O) groups is 1. The van der Waals surface area contributed by atoms with Crippen molar-refractivity contribution in [1.29, 1.82) is 0 Å². The van der Waals surface area contributed by atoms with Gasteiger partial charge in [0.05, 0.1) is 11.7 Å². The number of aryl methyl sites for hydroxylation is 2. The summed E-state index contributed by atoms with van der Waals surface area (Å²) < 4.78 is 1.88. The van der Waals surface area contributed by atoms with Crippen LogP contribution in [0.4, 0.5) is 0 Å². The Hall–Kier alpha value is -3.47. The van der Waals surface area contributed by atoms with E-state index >= 15 is 0 Å². The Morgan fingerprint density at radius 2 is 1.70 bits per heavy atom. The number of benzene rings is 2. The summed E-state index contributed by atoms with van der Waals surface area (Å²) in [6, 6.07) is 22.1. The van der Waals surface area contributed by atoms with Gasteiger partial charge in [0.25, 0.3) is 0 Å². The van der Waals surface area contributed by atoms with Crippen LogP contribution in [0.2, 0.25) is 0 Å². The topological polar surface area (TPSA) is 59.3 Å². The van der Waals surface area contributed by atoms with Gasteiger partial charge in [-0.2, -0.15) is 5.10 Å². The molecular weight excluding hydrogens is 372 g/mol. The number of nitrogens with one attached hydrogen (secondary N) is 1. The average Bonchev–Trinajstić information content (AvgIpc) is 3.19. The van der Waals surface area contributed by atoms with Crippen molar-refractivity contribution in [2.45, 2.75) is 39.7 Å². The normalized spacial score (nSPS) is 12.1. The summed E-state index contributed by atoms with van der Waals surface area (Å²) in [4.78, 5) is 17.3. The van der Waals surface area contributed by atoms with E-state index in [-0.39, 0.29) is 11.9 Å². The molecule has 0 bridgehead atoms. The SMILES string of the molecule is Cc1nc2cc(-c3ccccc3)nn2c(C)c1CCC(=O)N[C@H](C)c1ccccc1. The number of nitrogens with zero attached hydrogens (tertiary/aromatic N) is 3. The van der Waals surface area contributed by atoms with E-state index in [9.17, 15) is 4.79 Å². The maximum Gasteiger partial charge on any atom is 0.220 e. The number of fused-ring (bicyclic) bond motifs is 1. The van der Waals surface area contributed by atoms with Crippen molar-refractivity contribution in [3.63, 3.8) is 0 Å². The van der Waals surface area contributed by atoms with E-state index in [1.807, 2.05) is 92.0 Å². The lowest BCUT2D eigenvalue weighted by atomic mass is 10.1. The smallest absolute Gasteiger partial charge is 0.220 e. The van der Waals surface area contributed by atoms with Crippen molar-refractivity contribution in [3.8, 4) is 11.3 Å². The largest absolute Gasteiger partial charge is 0.350 e. The molecule has 5 nitrogen and oxygen atoms in total. The second kappa shape index (κ2) is 8.49. The molecular formula is C25H26N4O. The summed E-state index contributed by atoms with van der Waals surface area (Å²) in [6.07, 6.45) is 1.05. The molecule has 0 aliphatic carbocycles. The van der Waals surface area contributed by atoms with Crippen LogP contribution in [0, 0.1) is 13.8 Å². The first-order valence-corrected chi connectivity index (χ1v) is 10.3. The Kier molecular flexibility index (Phi) is 5.61. The average molecular weight is 399 g/mol. The quantitative estimate of drug-likeness (QED) is 0.506. The summed E-state index contributed by atoms with van der Waals surface area (Å²) in [5, 5.41) is 7.84. The zero-order chi connectivity index (χ0) is 21.1. The molecule has 0 saturated heterocycles. The van der Waals surface area contributed by atoms with Crippen molar-refractivity contribution < 1.29 is 4.79 Å². The number of amides is 1. The van der Waals surface area contributed by atoms with E-state index in [4.69, 9.17) is 10.1 Å². The first kappa shape index (κ1) is 19.8. The number of rotatable bonds is 6. The van der Waals surface area contributed by atoms with E-state index in [1.54, 1.807) is 0 Å². The van der Waals surface area contributed by atoms with Crippen molar-refractivity contribution in [3.05, 3.63) is 89.2 Å². The van der Waals surface area contributed by atoms with E-state index in [1.165, 1.54) is 0 Å². The van der Waals surface area contributed by atoms with Gasteiger partial charge in [-0.15, -0.1) is 0 Å². The van der Waals surface area contributed by atoms with Gasteiger partial charge in [-0.1, -0.05) is 60.7 Å². The second-order valence-electron chi connectivity index (χ2n) is 7.63. The van der Waals surface area contributed by atoms with Crippen LogP contribution in [0.25, 0.3) is 16.9 Å². The zero-order valence-corrected chi connectivity index (χ0v) is 17.6. The van der Waals surface area contributed by atoms with Crippen LogP contribution in [0.5, 0.6) is 0 Å². The van der Waals surface area contributed by atoms with Gasteiger partial charge in [0.1, 0.15) is 0 Å². The molecule has 2 heterocycles. The molecule has 2 aromatic heterocycles. The van der Waals surface area contributed by atoms with E-state index in [0.29, 0.717) is 12.8 Å². The maximum atomic E-state index is 12.5. The minimum absolute atomic E-state index is 0.0129. The molecule has 1 atom stereocenters. The molecule has 0 saturated carbocycles. The maximum absolute atomic E-state index is 12.5. The fourth-order valence-electron chi connectivity index (χ4n) is 3.82. The zero-order valence-electron chi connectivity index (χ0n) is 17.6. The van der Waals surface area contributed by atoms with Crippen LogP contribution < -0.4 is 5.32 Å². The molecule has 0 spiro atoms. The van der Waals surface area contributed by atoms with Gasteiger partial charge < -0.3 is 5.32 Å². The fraction of sp³-hybridized carbons (Fsp3) is 0.240. The molecule has 5 heteroatoms. The number of carbonyl (C=O) groups excluding carboxylic acids is 1. The summed E-state index contributed by atoms with van der Waals surface area (Å²) in [5.41, 5.74) is 6.95. The highest BCUT2D eigenvalue weighted by Crippen LogP contribution is 2.22. The molecule has 0 unspecified atom stereocenters. The molecule has 30 heavy (non-hydrogen) atoms. The first-order chi connectivity index (χ1) is 14.5. The summed E-state index contributed by atoms with van der Waals surface area (Å²) in [5.74, 6) is 0.0377. The third-order valence-corrected chi connectivity index (χ3v) is 5.51. The van der Waals surface area contributed by atoms with Crippen LogP contribution in [-0.2, 0) is 11.2 Å². The van der Waals surface area contributed by atoms with Gasteiger partial charge in [-0.05, 0) is 38.3 Å². The molecule has 0 fully saturated rings. The molecule has 2 aromatic carbocycles. The predicted molar refractivity (Wildman–Crippen MR) is 119 cm³/mol. The van der Waals surface area contributed by atoms with Gasteiger partial charge in [-0.3, -0.25) is 4.79 Å². The van der Waals surface area contributed by atoms with Crippen molar-refractivity contribution in [1.82, 2.24) is 19.9 Å². The van der Waals surface area contributed by atoms with E-state index in [0.717, 1.165) is 39.4 Å². The summed E-state index contributed by atoms with van der Waals surface area (Å²) >= 11 is 0. The van der Waals surface area contributed by atoms with Crippen molar-refractivity contribution in [2.24, 2.45) is 0 Å². The second-order valence-corrected chi connectivity index (χ2v) is 7.63. The van der Waals surface area contributed by atoms with Crippen LogP contribution in [0.3, 0.4) is 0 Å². The minimum atomic E-state index is -0.0129. The molecule has 0 aliphatic heterocycles. The third-order valence-electron chi connectivity index (χ3n) is 5.51. The van der Waals surface area contributed by atoms with Crippen molar-refractivity contribution in [2.75, 3.05) is 0 Å². The molecule has 1 amide bonds. The van der Waals surface area contributed by atoms with E-state index in [2.05, 4.69) is 5.32 Å². The number of aromatic nitrogens is 3. The molecule has 1 N–H and O–H groups in total. The monoisotopic (exact) mass is 398 g/mol. The van der Waals surface area contributed by atoms with Gasteiger partial charge in [-0.25, -0.2) is 9.50 Å². The molecule has 4 aromatic rings. The molecule has 0 radical (unpaired) electrons. The molecule has 4 rings (SSSR count). The highest BCUT2D eigenvalue weighted by Gasteiger charge is 2.15. The minimum Gasteiger partial charge on any atom is -0.350 e. The van der Waals surface area contributed by atoms with Crippen LogP contribution >= 0.6 is 0 Å². The lowest BCUT2D eigenvalue weighted by Crippen LogP contribution is -2.27. The van der Waals surface area contributed by atoms with Crippen LogP contribution in [0.1, 0.15) is 41.9 Å². The third kappa shape index (κ3) is 4.10. The predicted octanol–water partition coefficient (Wildman–Crippen LogP) is 4.82. The number of hydrogen-bond donors (Lipinski definition) is 1. The fourth-order valence-corrected chi connectivity index (χ4v) is 3.82. The Bertz CT molecular complexity index is 1170. The Morgan fingerprint density at radius 1 is 1.03 bits per heavy atom.